The molecule has 0 aliphatic rings. The van der Waals surface area contributed by atoms with Gasteiger partial charge in [0.15, 0.2) is 0 Å². The van der Waals surface area contributed by atoms with Gasteiger partial charge < -0.3 is 9.84 Å². The first-order valence-electron chi connectivity index (χ1n) is 6.42. The van der Waals surface area contributed by atoms with Gasteiger partial charge in [-0.3, -0.25) is 0 Å². The van der Waals surface area contributed by atoms with E-state index in [4.69, 9.17) is 4.74 Å². The van der Waals surface area contributed by atoms with Crippen molar-refractivity contribution in [2.75, 3.05) is 7.11 Å². The summed E-state index contributed by atoms with van der Waals surface area (Å²) in [4.78, 5) is 0. The molecule has 0 aliphatic heterocycles. The van der Waals surface area contributed by atoms with Crippen molar-refractivity contribution in [3.63, 3.8) is 0 Å². The van der Waals surface area contributed by atoms with Gasteiger partial charge in [0.05, 0.1) is 7.11 Å². The molecule has 0 aliphatic carbocycles. The van der Waals surface area contributed by atoms with Crippen molar-refractivity contribution in [2.45, 2.75) is 26.9 Å². The summed E-state index contributed by atoms with van der Waals surface area (Å²) in [7, 11) is 1.66. The number of aryl methyl sites for hydroxylation is 3. The molecule has 100 valence electrons. The molecular weight excluding hydrogens is 236 g/mol. The number of ether oxygens (including phenoxy) is 1. The van der Waals surface area contributed by atoms with Crippen molar-refractivity contribution in [3.05, 3.63) is 64.2 Å². The molecule has 2 rings (SSSR count). The summed E-state index contributed by atoms with van der Waals surface area (Å²) < 4.78 is 5.30. The second kappa shape index (κ2) is 5.45. The van der Waals surface area contributed by atoms with Crippen molar-refractivity contribution >= 4 is 0 Å². The molecule has 1 unspecified atom stereocenters. The van der Waals surface area contributed by atoms with Crippen molar-refractivity contribution in [3.8, 4) is 5.75 Å². The van der Waals surface area contributed by atoms with Gasteiger partial charge in [-0.1, -0.05) is 29.8 Å². The molecular formula is C17H20O2. The Morgan fingerprint density at radius 3 is 2.16 bits per heavy atom. The minimum atomic E-state index is -0.592. The average Bonchev–Trinajstić information content (AvgIpc) is 2.41. The monoisotopic (exact) mass is 256 g/mol. The topological polar surface area (TPSA) is 29.5 Å². The second-order valence-electron chi connectivity index (χ2n) is 4.99. The highest BCUT2D eigenvalue weighted by molar-refractivity contribution is 5.45. The lowest BCUT2D eigenvalue weighted by Crippen LogP contribution is -2.03. The smallest absolute Gasteiger partial charge is 0.122 e. The summed E-state index contributed by atoms with van der Waals surface area (Å²) in [6.07, 6.45) is -0.592. The minimum Gasteiger partial charge on any atom is -0.496 e. The van der Waals surface area contributed by atoms with Crippen LogP contribution in [0, 0.1) is 20.8 Å². The third-order valence-electron chi connectivity index (χ3n) is 3.47. The summed E-state index contributed by atoms with van der Waals surface area (Å²) in [6.45, 7) is 6.03. The van der Waals surface area contributed by atoms with Gasteiger partial charge in [-0.2, -0.15) is 0 Å². The highest BCUT2D eigenvalue weighted by atomic mass is 16.5. The molecule has 0 amide bonds. The van der Waals surface area contributed by atoms with E-state index in [9.17, 15) is 5.11 Å². The van der Waals surface area contributed by atoms with Crippen LogP contribution in [0.25, 0.3) is 0 Å². The van der Waals surface area contributed by atoms with Gasteiger partial charge in [-0.25, -0.2) is 0 Å². The Hall–Kier alpha value is -1.80. The van der Waals surface area contributed by atoms with E-state index < -0.39 is 6.10 Å². The Kier molecular flexibility index (Phi) is 3.91. The minimum absolute atomic E-state index is 0.592. The Bertz CT molecular complexity index is 571. The van der Waals surface area contributed by atoms with Crippen molar-refractivity contribution < 1.29 is 9.84 Å². The van der Waals surface area contributed by atoms with Gasteiger partial charge in [0.1, 0.15) is 11.9 Å². The summed E-state index contributed by atoms with van der Waals surface area (Å²) in [5, 5.41) is 10.5. The van der Waals surface area contributed by atoms with Crippen molar-refractivity contribution in [1.29, 1.82) is 0 Å². The Labute approximate surface area is 114 Å². The SMILES string of the molecule is COc1cc(C)c(C(O)c2ccc(C)cc2)cc1C. The van der Waals surface area contributed by atoms with Crippen LogP contribution in [0.2, 0.25) is 0 Å². The molecule has 0 bridgehead atoms. The average molecular weight is 256 g/mol. The zero-order valence-corrected chi connectivity index (χ0v) is 11.9. The van der Waals surface area contributed by atoms with Gasteiger partial charge in [-0.05, 0) is 55.2 Å². The summed E-state index contributed by atoms with van der Waals surface area (Å²) in [5.74, 6) is 0.859. The van der Waals surface area contributed by atoms with Gasteiger partial charge in [-0.15, -0.1) is 0 Å². The van der Waals surface area contributed by atoms with Gasteiger partial charge in [0.25, 0.3) is 0 Å². The Morgan fingerprint density at radius 1 is 0.947 bits per heavy atom. The van der Waals surface area contributed by atoms with E-state index in [1.165, 1.54) is 5.56 Å². The van der Waals surface area contributed by atoms with Crippen LogP contribution in [0.4, 0.5) is 0 Å². The first-order valence-corrected chi connectivity index (χ1v) is 6.42. The summed E-state index contributed by atoms with van der Waals surface area (Å²) in [6, 6.07) is 12.0. The number of methoxy groups -OCH3 is 1. The van der Waals surface area contributed by atoms with E-state index in [1.807, 2.05) is 57.2 Å². The van der Waals surface area contributed by atoms with Crippen LogP contribution < -0.4 is 4.74 Å². The van der Waals surface area contributed by atoms with E-state index in [2.05, 4.69) is 0 Å². The zero-order chi connectivity index (χ0) is 14.0. The van der Waals surface area contributed by atoms with Crippen LogP contribution in [-0.4, -0.2) is 12.2 Å². The predicted molar refractivity (Wildman–Crippen MR) is 77.7 cm³/mol. The molecule has 0 spiro atoms. The predicted octanol–water partition coefficient (Wildman–Crippen LogP) is 3.70. The highest BCUT2D eigenvalue weighted by Gasteiger charge is 2.14. The fourth-order valence-corrected chi connectivity index (χ4v) is 2.25. The van der Waals surface area contributed by atoms with Crippen molar-refractivity contribution in [2.24, 2.45) is 0 Å². The molecule has 2 aromatic carbocycles. The molecule has 2 aromatic rings. The van der Waals surface area contributed by atoms with Gasteiger partial charge in [0.2, 0.25) is 0 Å². The van der Waals surface area contributed by atoms with E-state index in [0.717, 1.165) is 28.0 Å². The van der Waals surface area contributed by atoms with Crippen LogP contribution in [-0.2, 0) is 0 Å². The third-order valence-corrected chi connectivity index (χ3v) is 3.47. The molecule has 0 heterocycles. The number of aliphatic hydroxyl groups is 1. The second-order valence-corrected chi connectivity index (χ2v) is 4.99. The first-order chi connectivity index (χ1) is 9.02. The molecule has 0 saturated heterocycles. The number of benzene rings is 2. The maximum absolute atomic E-state index is 10.5. The standard InChI is InChI=1S/C17H20O2/c1-11-5-7-14(8-6-11)17(18)15-9-13(3)16(19-4)10-12(15)2/h5-10,17-18H,1-4H3. The zero-order valence-electron chi connectivity index (χ0n) is 11.9. The van der Waals surface area contributed by atoms with E-state index >= 15 is 0 Å². The van der Waals surface area contributed by atoms with Gasteiger partial charge >= 0.3 is 0 Å². The molecule has 2 heteroatoms. The molecule has 0 radical (unpaired) electrons. The van der Waals surface area contributed by atoms with E-state index in [0.29, 0.717) is 0 Å². The molecule has 2 nitrogen and oxygen atoms in total. The van der Waals surface area contributed by atoms with E-state index in [-0.39, 0.29) is 0 Å². The summed E-state index contributed by atoms with van der Waals surface area (Å²) >= 11 is 0. The maximum atomic E-state index is 10.5. The number of hydrogen-bond acceptors (Lipinski definition) is 2. The third kappa shape index (κ3) is 2.79. The molecule has 0 saturated carbocycles. The largest absolute Gasteiger partial charge is 0.496 e. The fourth-order valence-electron chi connectivity index (χ4n) is 2.25. The van der Waals surface area contributed by atoms with Crippen LogP contribution in [0.5, 0.6) is 5.75 Å². The van der Waals surface area contributed by atoms with Crippen LogP contribution in [0.3, 0.4) is 0 Å². The quantitative estimate of drug-likeness (QED) is 0.907. The maximum Gasteiger partial charge on any atom is 0.122 e. The lowest BCUT2D eigenvalue weighted by molar-refractivity contribution is 0.219. The summed E-state index contributed by atoms with van der Waals surface area (Å²) in [5.41, 5.74) is 5.11. The Morgan fingerprint density at radius 2 is 1.58 bits per heavy atom. The molecule has 1 N–H and O–H groups in total. The number of aliphatic hydroxyl groups excluding tert-OH is 1. The fraction of sp³-hybridized carbons (Fsp3) is 0.294. The first kappa shape index (κ1) is 13.6. The van der Waals surface area contributed by atoms with Crippen LogP contribution >= 0.6 is 0 Å². The molecule has 0 aromatic heterocycles. The molecule has 0 fully saturated rings. The Balaban J connectivity index is 2.41. The normalized spacial score (nSPS) is 12.3. The number of rotatable bonds is 3. The van der Waals surface area contributed by atoms with Crippen molar-refractivity contribution in [1.82, 2.24) is 0 Å². The molecule has 1 atom stereocenters. The van der Waals surface area contributed by atoms with Crippen LogP contribution in [0.15, 0.2) is 36.4 Å². The lowest BCUT2D eigenvalue weighted by Gasteiger charge is -2.17. The van der Waals surface area contributed by atoms with E-state index in [1.54, 1.807) is 7.11 Å². The molecule has 19 heavy (non-hydrogen) atoms. The van der Waals surface area contributed by atoms with Gasteiger partial charge in [0, 0.05) is 0 Å². The number of hydrogen-bond donors (Lipinski definition) is 1. The lowest BCUT2D eigenvalue weighted by atomic mass is 9.95. The highest BCUT2D eigenvalue weighted by Crippen LogP contribution is 2.30. The van der Waals surface area contributed by atoms with Crippen LogP contribution in [0.1, 0.15) is 33.9 Å².